The molecule has 1 aliphatic rings. The van der Waals surface area contributed by atoms with Crippen LogP contribution < -0.4 is 14.8 Å². The van der Waals surface area contributed by atoms with Crippen molar-refractivity contribution in [3.8, 4) is 11.5 Å². The van der Waals surface area contributed by atoms with Gasteiger partial charge in [-0.1, -0.05) is 36.4 Å². The fraction of sp³-hybridized carbons (Fsp3) is 0.130. The molecule has 3 aromatic rings. The Morgan fingerprint density at radius 2 is 1.29 bits per heavy atom. The van der Waals surface area contributed by atoms with Crippen molar-refractivity contribution in [2.75, 3.05) is 12.4 Å². The normalized spacial score (nSPS) is 14.8. The van der Waals surface area contributed by atoms with E-state index in [1.807, 2.05) is 0 Å². The first-order valence-electron chi connectivity index (χ1n) is 9.22. The van der Waals surface area contributed by atoms with Crippen molar-refractivity contribution in [1.29, 1.82) is 0 Å². The number of hydrogen-bond donors (Lipinski definition) is 1. The van der Waals surface area contributed by atoms with E-state index in [0.717, 1.165) is 12.1 Å². The predicted octanol–water partition coefficient (Wildman–Crippen LogP) is 4.98. The Hall–Kier alpha value is -3.81. The van der Waals surface area contributed by atoms with Crippen LogP contribution in [0.15, 0.2) is 72.8 Å². The molecule has 0 aromatic heterocycles. The summed E-state index contributed by atoms with van der Waals surface area (Å²) in [7, 11) is 1.50. The third-order valence-electron chi connectivity index (χ3n) is 5.04. The molecule has 4 rings (SSSR count). The van der Waals surface area contributed by atoms with Gasteiger partial charge in [0, 0.05) is 16.8 Å². The summed E-state index contributed by atoms with van der Waals surface area (Å²) in [4.78, 5) is 26.9. The zero-order chi connectivity index (χ0) is 22.2. The maximum atomic E-state index is 13.5. The Balaban J connectivity index is 1.77. The minimum Gasteiger partial charge on any atom is -0.497 e. The fourth-order valence-corrected chi connectivity index (χ4v) is 3.63. The summed E-state index contributed by atoms with van der Waals surface area (Å²) < 4.78 is 46.3. The molecule has 0 radical (unpaired) electrons. The predicted molar refractivity (Wildman–Crippen MR) is 107 cm³/mol. The summed E-state index contributed by atoms with van der Waals surface area (Å²) in [5.41, 5.74) is -0.557. The van der Waals surface area contributed by atoms with Gasteiger partial charge in [-0.2, -0.15) is 0 Å². The molecule has 0 spiro atoms. The first-order chi connectivity index (χ1) is 14.7. The largest absolute Gasteiger partial charge is 0.573 e. The van der Waals surface area contributed by atoms with Crippen LogP contribution in [0, 0.1) is 0 Å². The van der Waals surface area contributed by atoms with Gasteiger partial charge in [-0.05, 0) is 42.0 Å². The molecule has 0 bridgehead atoms. The number of benzene rings is 3. The lowest BCUT2D eigenvalue weighted by molar-refractivity contribution is -0.274. The molecular weight excluding hydrogens is 411 g/mol. The number of fused-ring (bicyclic) bond motifs is 1. The quantitative estimate of drug-likeness (QED) is 0.582. The number of anilines is 1. The molecule has 0 amide bonds. The highest BCUT2D eigenvalue weighted by molar-refractivity contribution is 6.34. The van der Waals surface area contributed by atoms with Gasteiger partial charge in [0.05, 0.1) is 7.11 Å². The topological polar surface area (TPSA) is 64.6 Å². The number of nitrogens with one attached hydrogen (secondary N) is 1. The second kappa shape index (κ2) is 7.46. The van der Waals surface area contributed by atoms with Crippen molar-refractivity contribution in [3.05, 3.63) is 89.5 Å². The highest BCUT2D eigenvalue weighted by atomic mass is 19.4. The fourth-order valence-electron chi connectivity index (χ4n) is 3.63. The molecule has 0 saturated carbocycles. The number of rotatable bonds is 5. The second-order valence-corrected chi connectivity index (χ2v) is 6.88. The highest BCUT2D eigenvalue weighted by Crippen LogP contribution is 2.41. The summed E-state index contributed by atoms with van der Waals surface area (Å²) in [6.45, 7) is 0. The van der Waals surface area contributed by atoms with Crippen molar-refractivity contribution in [2.24, 2.45) is 0 Å². The molecule has 1 N–H and O–H groups in total. The van der Waals surface area contributed by atoms with Crippen molar-refractivity contribution < 1.29 is 32.2 Å². The van der Waals surface area contributed by atoms with E-state index in [-0.39, 0.29) is 16.8 Å². The first kappa shape index (κ1) is 20.5. The van der Waals surface area contributed by atoms with Gasteiger partial charge >= 0.3 is 6.36 Å². The summed E-state index contributed by atoms with van der Waals surface area (Å²) in [6, 6.07) is 17.8. The molecule has 8 heteroatoms. The Bertz CT molecular complexity index is 1100. The SMILES string of the molecule is COc1ccc(C2(Nc3ccc(OC(F)(F)F)cc3)C(=O)c3ccccc3C2=O)cc1. The van der Waals surface area contributed by atoms with Crippen LogP contribution in [0.4, 0.5) is 18.9 Å². The second-order valence-electron chi connectivity index (χ2n) is 6.88. The number of Topliss-reactive ketones (excluding diaryl/α,β-unsaturated/α-hetero) is 2. The van der Waals surface area contributed by atoms with E-state index < -0.39 is 29.2 Å². The monoisotopic (exact) mass is 427 g/mol. The number of ketones is 2. The average molecular weight is 427 g/mol. The molecule has 3 aromatic carbocycles. The van der Waals surface area contributed by atoms with E-state index in [2.05, 4.69) is 10.1 Å². The zero-order valence-corrected chi connectivity index (χ0v) is 16.2. The van der Waals surface area contributed by atoms with Crippen LogP contribution in [0.3, 0.4) is 0 Å². The van der Waals surface area contributed by atoms with E-state index in [4.69, 9.17) is 4.74 Å². The Morgan fingerprint density at radius 1 is 0.774 bits per heavy atom. The number of carbonyl (C=O) groups is 2. The minimum atomic E-state index is -4.82. The van der Waals surface area contributed by atoms with Gasteiger partial charge in [-0.25, -0.2) is 0 Å². The van der Waals surface area contributed by atoms with E-state index in [9.17, 15) is 22.8 Å². The van der Waals surface area contributed by atoms with Crippen LogP contribution in [-0.2, 0) is 5.54 Å². The maximum absolute atomic E-state index is 13.5. The summed E-state index contributed by atoms with van der Waals surface area (Å²) >= 11 is 0. The lowest BCUT2D eigenvalue weighted by Gasteiger charge is -2.29. The number of methoxy groups -OCH3 is 1. The number of carbonyl (C=O) groups excluding carboxylic acids is 2. The Kier molecular flexibility index (Phi) is 4.93. The molecule has 0 aliphatic heterocycles. The number of alkyl halides is 3. The maximum Gasteiger partial charge on any atom is 0.573 e. The summed E-state index contributed by atoms with van der Waals surface area (Å²) in [5, 5.41) is 2.97. The van der Waals surface area contributed by atoms with Crippen molar-refractivity contribution >= 4 is 17.3 Å². The summed E-state index contributed by atoms with van der Waals surface area (Å²) in [6.07, 6.45) is -4.82. The van der Waals surface area contributed by atoms with Gasteiger partial charge < -0.3 is 14.8 Å². The Morgan fingerprint density at radius 3 is 1.77 bits per heavy atom. The third kappa shape index (κ3) is 3.61. The molecule has 0 fully saturated rings. The molecule has 1 aliphatic carbocycles. The van der Waals surface area contributed by atoms with Gasteiger partial charge in [0.15, 0.2) is 5.54 Å². The van der Waals surface area contributed by atoms with Crippen molar-refractivity contribution in [1.82, 2.24) is 0 Å². The van der Waals surface area contributed by atoms with Crippen LogP contribution >= 0.6 is 0 Å². The smallest absolute Gasteiger partial charge is 0.497 e. The molecule has 0 saturated heterocycles. The zero-order valence-electron chi connectivity index (χ0n) is 16.2. The molecule has 158 valence electrons. The third-order valence-corrected chi connectivity index (χ3v) is 5.04. The van der Waals surface area contributed by atoms with Crippen molar-refractivity contribution in [2.45, 2.75) is 11.9 Å². The van der Waals surface area contributed by atoms with E-state index in [1.54, 1.807) is 48.5 Å². The van der Waals surface area contributed by atoms with Gasteiger partial charge in [0.1, 0.15) is 11.5 Å². The van der Waals surface area contributed by atoms with Crippen LogP contribution in [0.5, 0.6) is 11.5 Å². The molecule has 0 heterocycles. The standard InChI is InChI=1S/C23H16F3NO4/c1-30-16-10-6-14(7-11-16)22(20(28)18-4-2-3-5-19(18)21(22)29)27-15-8-12-17(13-9-15)31-23(24,25)26/h2-13,27H,1H3. The van der Waals surface area contributed by atoms with Crippen LogP contribution in [-0.4, -0.2) is 25.0 Å². The molecule has 5 nitrogen and oxygen atoms in total. The summed E-state index contributed by atoms with van der Waals surface area (Å²) in [5.74, 6) is -0.769. The lowest BCUT2D eigenvalue weighted by atomic mass is 9.84. The van der Waals surface area contributed by atoms with E-state index >= 15 is 0 Å². The number of hydrogen-bond acceptors (Lipinski definition) is 5. The van der Waals surface area contributed by atoms with E-state index in [0.29, 0.717) is 11.3 Å². The number of ether oxygens (including phenoxy) is 2. The van der Waals surface area contributed by atoms with Gasteiger partial charge in [0.25, 0.3) is 0 Å². The molecule has 31 heavy (non-hydrogen) atoms. The van der Waals surface area contributed by atoms with Gasteiger partial charge in [-0.3, -0.25) is 9.59 Å². The molecular formula is C23H16F3NO4. The van der Waals surface area contributed by atoms with Gasteiger partial charge in [0.2, 0.25) is 11.6 Å². The first-order valence-corrected chi connectivity index (χ1v) is 9.22. The highest BCUT2D eigenvalue weighted by Gasteiger charge is 2.54. The Labute approximate surface area is 175 Å². The minimum absolute atomic E-state index is 0.271. The lowest BCUT2D eigenvalue weighted by Crippen LogP contribution is -2.46. The number of halogens is 3. The molecule has 0 atom stereocenters. The van der Waals surface area contributed by atoms with Crippen LogP contribution in [0.1, 0.15) is 26.3 Å². The van der Waals surface area contributed by atoms with Crippen LogP contribution in [0.25, 0.3) is 0 Å². The van der Waals surface area contributed by atoms with Crippen molar-refractivity contribution in [3.63, 3.8) is 0 Å². The van der Waals surface area contributed by atoms with Crippen LogP contribution in [0.2, 0.25) is 0 Å². The van der Waals surface area contributed by atoms with Gasteiger partial charge in [-0.15, -0.1) is 13.2 Å². The molecule has 0 unspecified atom stereocenters. The van der Waals surface area contributed by atoms with E-state index in [1.165, 1.54) is 19.2 Å². The average Bonchev–Trinajstić information content (AvgIpc) is 2.97.